The summed E-state index contributed by atoms with van der Waals surface area (Å²) in [5, 5.41) is 7.12. The first-order chi connectivity index (χ1) is 12.5. The van der Waals surface area contributed by atoms with Gasteiger partial charge in [-0.15, -0.1) is 0 Å². The Kier molecular flexibility index (Phi) is 8.57. The third-order valence-electron chi connectivity index (χ3n) is 5.88. The molecule has 2 aliphatic heterocycles. The van der Waals surface area contributed by atoms with Gasteiger partial charge in [0.1, 0.15) is 0 Å². The lowest BCUT2D eigenvalue weighted by atomic mass is 9.71. The second-order valence-electron chi connectivity index (χ2n) is 7.79. The molecule has 1 spiro atoms. The van der Waals surface area contributed by atoms with Crippen molar-refractivity contribution in [1.29, 1.82) is 0 Å². The molecule has 0 aromatic carbocycles. The molecule has 1 N–H and O–H groups in total. The molecule has 2 heterocycles. The Morgan fingerprint density at radius 1 is 1.19 bits per heavy atom. The zero-order valence-electron chi connectivity index (χ0n) is 16.8. The summed E-state index contributed by atoms with van der Waals surface area (Å²) in [6.07, 6.45) is 0.803. The summed E-state index contributed by atoms with van der Waals surface area (Å²) < 4.78 is 31.7. The zero-order valence-corrected chi connectivity index (χ0v) is 16.8. The third kappa shape index (κ3) is 6.09. The number of carboxylic acids is 1. The quantitative estimate of drug-likeness (QED) is 0.697. The fraction of sp³-hybridized carbons (Fsp3) is 0.895. The van der Waals surface area contributed by atoms with Crippen molar-refractivity contribution in [1.82, 2.24) is 9.80 Å². The monoisotopic (exact) mass is 394 g/mol. The number of β-lactam (4-membered cyclic amide) rings is 1. The van der Waals surface area contributed by atoms with Gasteiger partial charge in [-0.3, -0.25) is 4.79 Å². The van der Waals surface area contributed by atoms with Crippen LogP contribution in [0.5, 0.6) is 0 Å². The molecular formula is C19H33F3N2O3. The number of hydrogen-bond donors (Lipinski definition) is 1. The largest absolute Gasteiger partial charge is 0.490 e. The lowest BCUT2D eigenvalue weighted by Gasteiger charge is -2.55. The van der Waals surface area contributed by atoms with Gasteiger partial charge >= 0.3 is 12.1 Å². The molecule has 2 fully saturated rings. The van der Waals surface area contributed by atoms with E-state index in [1.807, 2.05) is 0 Å². The number of alkyl halides is 3. The van der Waals surface area contributed by atoms with E-state index in [0.29, 0.717) is 11.9 Å². The van der Waals surface area contributed by atoms with E-state index in [1.54, 1.807) is 0 Å². The summed E-state index contributed by atoms with van der Waals surface area (Å²) >= 11 is 0. The zero-order chi connectivity index (χ0) is 20.8. The average molecular weight is 394 g/mol. The van der Waals surface area contributed by atoms with Gasteiger partial charge in [0.2, 0.25) is 5.91 Å². The van der Waals surface area contributed by atoms with Crippen LogP contribution in [0, 0.1) is 11.3 Å². The molecule has 0 radical (unpaired) electrons. The fourth-order valence-electron chi connectivity index (χ4n) is 3.85. The Morgan fingerprint density at radius 2 is 1.74 bits per heavy atom. The first kappa shape index (κ1) is 23.7. The van der Waals surface area contributed by atoms with E-state index in [9.17, 15) is 18.0 Å². The molecule has 2 aliphatic rings. The number of amides is 1. The standard InChI is InChI=1S/C17H32N2O.C2HF3O2/c1-5-14(4)19-13-17(16(19)20)9-8-10-18(12-17)11-15(6-2)7-3;3-2(4,5)1(6)7/h14-15H,5-13H2,1-4H3;(H,6,7). The second kappa shape index (κ2) is 9.75. The highest BCUT2D eigenvalue weighted by Crippen LogP contribution is 2.41. The molecule has 27 heavy (non-hydrogen) atoms. The highest BCUT2D eigenvalue weighted by Gasteiger charge is 2.54. The predicted molar refractivity (Wildman–Crippen MR) is 97.3 cm³/mol. The molecule has 158 valence electrons. The van der Waals surface area contributed by atoms with E-state index >= 15 is 0 Å². The van der Waals surface area contributed by atoms with Gasteiger partial charge in [0.15, 0.2) is 0 Å². The molecule has 1 amide bonds. The number of halogens is 3. The Hall–Kier alpha value is -1.31. The average Bonchev–Trinajstić information content (AvgIpc) is 2.63. The van der Waals surface area contributed by atoms with E-state index < -0.39 is 12.1 Å². The van der Waals surface area contributed by atoms with Crippen LogP contribution in [-0.2, 0) is 9.59 Å². The maximum absolute atomic E-state index is 12.6. The van der Waals surface area contributed by atoms with Crippen LogP contribution < -0.4 is 0 Å². The van der Waals surface area contributed by atoms with Crippen molar-refractivity contribution in [3.05, 3.63) is 0 Å². The summed E-state index contributed by atoms with van der Waals surface area (Å²) in [4.78, 5) is 26.2. The first-order valence-corrected chi connectivity index (χ1v) is 9.84. The van der Waals surface area contributed by atoms with Crippen LogP contribution in [0.3, 0.4) is 0 Å². The number of aliphatic carboxylic acids is 1. The van der Waals surface area contributed by atoms with Gasteiger partial charge in [-0.1, -0.05) is 33.6 Å². The Morgan fingerprint density at radius 3 is 2.15 bits per heavy atom. The van der Waals surface area contributed by atoms with Crippen LogP contribution in [0.1, 0.15) is 59.8 Å². The molecule has 0 aromatic heterocycles. The topological polar surface area (TPSA) is 60.9 Å². The smallest absolute Gasteiger partial charge is 0.475 e. The summed E-state index contributed by atoms with van der Waals surface area (Å²) in [6.45, 7) is 13.3. The van der Waals surface area contributed by atoms with E-state index in [-0.39, 0.29) is 5.41 Å². The van der Waals surface area contributed by atoms with Crippen molar-refractivity contribution >= 4 is 11.9 Å². The Labute approximate surface area is 159 Å². The van der Waals surface area contributed by atoms with Gasteiger partial charge in [0, 0.05) is 25.7 Å². The van der Waals surface area contributed by atoms with E-state index in [1.165, 1.54) is 32.4 Å². The van der Waals surface area contributed by atoms with Crippen LogP contribution >= 0.6 is 0 Å². The van der Waals surface area contributed by atoms with Crippen LogP contribution in [0.15, 0.2) is 0 Å². The van der Waals surface area contributed by atoms with Crippen LogP contribution in [0.4, 0.5) is 13.2 Å². The van der Waals surface area contributed by atoms with Crippen molar-refractivity contribution in [2.75, 3.05) is 26.2 Å². The molecule has 0 aliphatic carbocycles. The van der Waals surface area contributed by atoms with Crippen LogP contribution in [0.2, 0.25) is 0 Å². The lowest BCUT2D eigenvalue weighted by molar-refractivity contribution is -0.192. The highest BCUT2D eigenvalue weighted by molar-refractivity contribution is 5.89. The van der Waals surface area contributed by atoms with Crippen molar-refractivity contribution in [3.8, 4) is 0 Å². The minimum absolute atomic E-state index is 0.0201. The number of likely N-dealkylation sites (tertiary alicyclic amines) is 2. The molecule has 0 saturated carbocycles. The van der Waals surface area contributed by atoms with Gasteiger partial charge in [0.05, 0.1) is 5.41 Å². The fourth-order valence-corrected chi connectivity index (χ4v) is 3.85. The maximum atomic E-state index is 12.6. The van der Waals surface area contributed by atoms with Crippen LogP contribution in [0.25, 0.3) is 0 Å². The maximum Gasteiger partial charge on any atom is 0.490 e. The molecule has 8 heteroatoms. The summed E-state index contributed by atoms with van der Waals surface area (Å²) in [6, 6.07) is 0.419. The van der Waals surface area contributed by atoms with Crippen molar-refractivity contribution in [2.45, 2.75) is 72.0 Å². The van der Waals surface area contributed by atoms with E-state index in [0.717, 1.165) is 31.8 Å². The van der Waals surface area contributed by atoms with Crippen LogP contribution in [-0.4, -0.2) is 65.2 Å². The Bertz CT molecular complexity index is 509. The number of carbonyl (C=O) groups excluding carboxylic acids is 1. The van der Waals surface area contributed by atoms with Gasteiger partial charge < -0.3 is 14.9 Å². The lowest BCUT2D eigenvalue weighted by Crippen LogP contribution is -2.68. The Balaban J connectivity index is 0.000000445. The second-order valence-corrected chi connectivity index (χ2v) is 7.79. The van der Waals surface area contributed by atoms with Crippen molar-refractivity contribution in [2.24, 2.45) is 11.3 Å². The molecule has 2 rings (SSSR count). The molecule has 0 aromatic rings. The molecule has 0 bridgehead atoms. The van der Waals surface area contributed by atoms with E-state index in [4.69, 9.17) is 9.90 Å². The van der Waals surface area contributed by atoms with Gasteiger partial charge in [-0.2, -0.15) is 13.2 Å². The minimum atomic E-state index is -5.08. The number of hydrogen-bond acceptors (Lipinski definition) is 3. The molecule has 2 saturated heterocycles. The molecule has 2 unspecified atom stereocenters. The summed E-state index contributed by atoms with van der Waals surface area (Å²) in [7, 11) is 0. The van der Waals surface area contributed by atoms with Gasteiger partial charge in [-0.05, 0) is 38.6 Å². The summed E-state index contributed by atoms with van der Waals surface area (Å²) in [5.74, 6) is -1.53. The minimum Gasteiger partial charge on any atom is -0.475 e. The van der Waals surface area contributed by atoms with Crippen molar-refractivity contribution < 1.29 is 27.9 Å². The number of rotatable bonds is 6. The number of piperidine rings is 1. The number of carbonyl (C=O) groups is 2. The third-order valence-corrected chi connectivity index (χ3v) is 5.88. The van der Waals surface area contributed by atoms with Gasteiger partial charge in [0.25, 0.3) is 0 Å². The van der Waals surface area contributed by atoms with Crippen molar-refractivity contribution in [3.63, 3.8) is 0 Å². The molecule has 5 nitrogen and oxygen atoms in total. The van der Waals surface area contributed by atoms with Gasteiger partial charge in [-0.25, -0.2) is 4.79 Å². The first-order valence-electron chi connectivity index (χ1n) is 9.84. The number of nitrogens with zero attached hydrogens (tertiary/aromatic N) is 2. The molecular weight excluding hydrogens is 361 g/mol. The number of carboxylic acid groups (broad SMARTS) is 1. The highest BCUT2D eigenvalue weighted by atomic mass is 19.4. The SMILES string of the molecule is CCC(CC)CN1CCCC2(C1)CN(C(C)CC)C2=O.O=C(O)C(F)(F)F. The molecule has 2 atom stereocenters. The predicted octanol–water partition coefficient (Wildman–Crippen LogP) is 3.78. The van der Waals surface area contributed by atoms with E-state index in [2.05, 4.69) is 37.5 Å². The normalized spacial score (nSPS) is 24.4. The summed E-state index contributed by atoms with van der Waals surface area (Å²) in [5.41, 5.74) is -0.0201.